The number of fused-ring (bicyclic) bond motifs is 1. The summed E-state index contributed by atoms with van der Waals surface area (Å²) in [5, 5.41) is 24.4. The van der Waals surface area contributed by atoms with Gasteiger partial charge in [0.15, 0.2) is 0 Å². The van der Waals surface area contributed by atoms with Crippen molar-refractivity contribution in [3.05, 3.63) is 62.9 Å². The van der Waals surface area contributed by atoms with E-state index in [-0.39, 0.29) is 28.8 Å². The Kier molecular flexibility index (Phi) is 6.37. The zero-order valence-electron chi connectivity index (χ0n) is 18.0. The standard InChI is InChI=1S/C22H26N4O5/c1-22(2,3)23-12-16(27)13-31-17-8-5-14(6-9-17)20-24-19-10-7-15(26(29)30)11-18(19)21(28)25(20)4/h5-11,16,23,27H,12-13H2,1-4H3. The monoisotopic (exact) mass is 426 g/mol. The number of β-amino-alcohol motifs (C(OH)–C–C–N with tert-alkyl or cyclic N) is 1. The van der Waals surface area contributed by atoms with Gasteiger partial charge in [0.25, 0.3) is 11.2 Å². The highest BCUT2D eigenvalue weighted by Crippen LogP contribution is 2.23. The number of non-ortho nitro benzene ring substituents is 1. The molecular weight excluding hydrogens is 400 g/mol. The van der Waals surface area contributed by atoms with E-state index in [0.29, 0.717) is 29.2 Å². The fraction of sp³-hybridized carbons (Fsp3) is 0.364. The smallest absolute Gasteiger partial charge is 0.270 e. The maximum atomic E-state index is 12.7. The fourth-order valence-corrected chi connectivity index (χ4v) is 3.01. The zero-order valence-corrected chi connectivity index (χ0v) is 18.0. The minimum Gasteiger partial charge on any atom is -0.491 e. The van der Waals surface area contributed by atoms with Gasteiger partial charge in [0.2, 0.25) is 0 Å². The number of rotatable bonds is 7. The molecule has 0 bridgehead atoms. The maximum Gasteiger partial charge on any atom is 0.270 e. The molecule has 9 heteroatoms. The first-order valence-electron chi connectivity index (χ1n) is 9.86. The van der Waals surface area contributed by atoms with E-state index < -0.39 is 11.0 Å². The third-order valence-corrected chi connectivity index (χ3v) is 4.69. The minimum absolute atomic E-state index is 0.0870. The number of nitrogens with zero attached hydrogens (tertiary/aromatic N) is 3. The van der Waals surface area contributed by atoms with E-state index in [2.05, 4.69) is 10.3 Å². The van der Waals surface area contributed by atoms with Crippen LogP contribution in [0, 0.1) is 10.1 Å². The van der Waals surface area contributed by atoms with E-state index in [4.69, 9.17) is 4.74 Å². The molecule has 3 aromatic rings. The van der Waals surface area contributed by atoms with Gasteiger partial charge >= 0.3 is 0 Å². The molecule has 1 heterocycles. The number of nitro groups is 1. The third kappa shape index (κ3) is 5.44. The fourth-order valence-electron chi connectivity index (χ4n) is 3.01. The van der Waals surface area contributed by atoms with E-state index >= 15 is 0 Å². The molecule has 1 unspecified atom stereocenters. The third-order valence-electron chi connectivity index (χ3n) is 4.69. The van der Waals surface area contributed by atoms with Crippen molar-refractivity contribution in [1.29, 1.82) is 0 Å². The topological polar surface area (TPSA) is 120 Å². The quantitative estimate of drug-likeness (QED) is 0.440. The molecule has 164 valence electrons. The predicted octanol–water partition coefficient (Wildman–Crippen LogP) is 2.64. The Hall–Kier alpha value is -3.30. The van der Waals surface area contributed by atoms with Crippen LogP contribution in [-0.2, 0) is 7.05 Å². The van der Waals surface area contributed by atoms with Crippen LogP contribution in [0.3, 0.4) is 0 Å². The first kappa shape index (κ1) is 22.4. The normalized spacial score (nSPS) is 12.7. The summed E-state index contributed by atoms with van der Waals surface area (Å²) in [4.78, 5) is 27.7. The molecule has 2 N–H and O–H groups in total. The van der Waals surface area contributed by atoms with Gasteiger partial charge < -0.3 is 15.2 Å². The number of aliphatic hydroxyl groups excluding tert-OH is 1. The Morgan fingerprint density at radius 2 is 1.90 bits per heavy atom. The molecule has 1 atom stereocenters. The molecule has 9 nitrogen and oxygen atoms in total. The molecule has 0 aliphatic heterocycles. The summed E-state index contributed by atoms with van der Waals surface area (Å²) in [6.45, 7) is 6.63. The van der Waals surface area contributed by atoms with Gasteiger partial charge in [-0.3, -0.25) is 19.5 Å². The van der Waals surface area contributed by atoms with Gasteiger partial charge in [0.05, 0.1) is 15.8 Å². The molecule has 0 saturated carbocycles. The summed E-state index contributed by atoms with van der Waals surface area (Å²) in [5.74, 6) is 1.02. The summed E-state index contributed by atoms with van der Waals surface area (Å²) >= 11 is 0. The van der Waals surface area contributed by atoms with Gasteiger partial charge in [0.1, 0.15) is 24.3 Å². The van der Waals surface area contributed by atoms with Crippen molar-refractivity contribution in [2.75, 3.05) is 13.2 Å². The second kappa shape index (κ2) is 8.83. The SMILES string of the molecule is Cn1c(-c2ccc(OCC(O)CNC(C)(C)C)cc2)nc2ccc([N+](=O)[O-])cc2c1=O. The van der Waals surface area contributed by atoms with Crippen molar-refractivity contribution in [3.8, 4) is 17.1 Å². The molecule has 0 aliphatic carbocycles. The molecule has 0 saturated heterocycles. The van der Waals surface area contributed by atoms with Crippen molar-refractivity contribution >= 4 is 16.6 Å². The number of aliphatic hydroxyl groups is 1. The van der Waals surface area contributed by atoms with E-state index in [0.717, 1.165) is 0 Å². The Morgan fingerprint density at radius 3 is 2.52 bits per heavy atom. The highest BCUT2D eigenvalue weighted by atomic mass is 16.6. The maximum absolute atomic E-state index is 12.7. The first-order chi connectivity index (χ1) is 14.5. The summed E-state index contributed by atoms with van der Waals surface area (Å²) in [5.41, 5.74) is 0.482. The van der Waals surface area contributed by atoms with Gasteiger partial charge in [-0.05, 0) is 51.1 Å². The number of nitro benzene ring substituents is 1. The van der Waals surface area contributed by atoms with Crippen LogP contribution < -0.4 is 15.6 Å². The lowest BCUT2D eigenvalue weighted by atomic mass is 10.1. The van der Waals surface area contributed by atoms with Crippen LogP contribution in [0.4, 0.5) is 5.69 Å². The molecule has 31 heavy (non-hydrogen) atoms. The van der Waals surface area contributed by atoms with Crippen LogP contribution in [0.2, 0.25) is 0 Å². The lowest BCUT2D eigenvalue weighted by Crippen LogP contribution is -2.42. The summed E-state index contributed by atoms with van der Waals surface area (Å²) in [7, 11) is 1.58. The molecule has 0 radical (unpaired) electrons. The second-order valence-corrected chi connectivity index (χ2v) is 8.38. The van der Waals surface area contributed by atoms with E-state index in [1.54, 1.807) is 31.3 Å². The van der Waals surface area contributed by atoms with Crippen molar-refractivity contribution in [2.45, 2.75) is 32.4 Å². The van der Waals surface area contributed by atoms with Gasteiger partial charge in [-0.15, -0.1) is 0 Å². The molecule has 3 rings (SSSR count). The highest BCUT2D eigenvalue weighted by Gasteiger charge is 2.15. The minimum atomic E-state index is -0.647. The average Bonchev–Trinajstić information content (AvgIpc) is 2.73. The Labute approximate surface area is 179 Å². The molecular formula is C22H26N4O5. The van der Waals surface area contributed by atoms with Crippen LogP contribution in [0.1, 0.15) is 20.8 Å². The predicted molar refractivity (Wildman–Crippen MR) is 118 cm³/mol. The largest absolute Gasteiger partial charge is 0.491 e. The molecule has 0 aliphatic rings. The molecule has 2 aromatic carbocycles. The summed E-state index contributed by atoms with van der Waals surface area (Å²) in [6, 6.07) is 11.1. The highest BCUT2D eigenvalue weighted by molar-refractivity contribution is 5.82. The van der Waals surface area contributed by atoms with Crippen LogP contribution >= 0.6 is 0 Å². The number of hydrogen-bond acceptors (Lipinski definition) is 7. The Morgan fingerprint density at radius 1 is 1.23 bits per heavy atom. The van der Waals surface area contributed by atoms with Gasteiger partial charge in [0, 0.05) is 36.8 Å². The summed E-state index contributed by atoms with van der Waals surface area (Å²) in [6.07, 6.45) is -0.647. The lowest BCUT2D eigenvalue weighted by molar-refractivity contribution is -0.384. The Bertz CT molecular complexity index is 1150. The van der Waals surface area contributed by atoms with Crippen LogP contribution in [0.5, 0.6) is 5.75 Å². The molecule has 1 aromatic heterocycles. The average molecular weight is 426 g/mol. The van der Waals surface area contributed by atoms with Crippen LogP contribution in [-0.4, -0.2) is 44.4 Å². The molecule has 0 spiro atoms. The number of ether oxygens (including phenoxy) is 1. The first-order valence-corrected chi connectivity index (χ1v) is 9.86. The number of aromatic nitrogens is 2. The van der Waals surface area contributed by atoms with E-state index in [1.807, 2.05) is 20.8 Å². The second-order valence-electron chi connectivity index (χ2n) is 8.38. The van der Waals surface area contributed by atoms with Crippen molar-refractivity contribution in [3.63, 3.8) is 0 Å². The van der Waals surface area contributed by atoms with E-state index in [1.165, 1.54) is 22.8 Å². The van der Waals surface area contributed by atoms with E-state index in [9.17, 15) is 20.0 Å². The van der Waals surface area contributed by atoms with Crippen LogP contribution in [0.15, 0.2) is 47.3 Å². The number of benzene rings is 2. The molecule has 0 amide bonds. The lowest BCUT2D eigenvalue weighted by Gasteiger charge is -2.23. The van der Waals surface area contributed by atoms with Crippen molar-refractivity contribution < 1.29 is 14.8 Å². The number of nitrogens with one attached hydrogen (secondary N) is 1. The molecule has 0 fully saturated rings. The zero-order chi connectivity index (χ0) is 22.8. The van der Waals surface area contributed by atoms with Crippen LogP contribution in [0.25, 0.3) is 22.3 Å². The van der Waals surface area contributed by atoms with Gasteiger partial charge in [-0.1, -0.05) is 0 Å². The van der Waals surface area contributed by atoms with Crippen molar-refractivity contribution in [1.82, 2.24) is 14.9 Å². The van der Waals surface area contributed by atoms with Gasteiger partial charge in [-0.2, -0.15) is 0 Å². The number of hydrogen-bond donors (Lipinski definition) is 2. The van der Waals surface area contributed by atoms with Gasteiger partial charge in [-0.25, -0.2) is 4.98 Å². The van der Waals surface area contributed by atoms with Crippen molar-refractivity contribution in [2.24, 2.45) is 7.05 Å². The Balaban J connectivity index is 1.78. The summed E-state index contributed by atoms with van der Waals surface area (Å²) < 4.78 is 7.01.